The van der Waals surface area contributed by atoms with Gasteiger partial charge < -0.3 is 4.89 Å². The van der Waals surface area contributed by atoms with Crippen molar-refractivity contribution in [1.29, 1.82) is 0 Å². The lowest BCUT2D eigenvalue weighted by molar-refractivity contribution is -0.186. The first-order valence-corrected chi connectivity index (χ1v) is 3.42. The van der Waals surface area contributed by atoms with Gasteiger partial charge in [-0.3, -0.25) is 0 Å². The molecule has 1 aromatic carbocycles. The average molecular weight is 150 g/mol. The summed E-state index contributed by atoms with van der Waals surface area (Å²) in [4.78, 5) is 3.78. The van der Waals surface area contributed by atoms with Gasteiger partial charge in [0, 0.05) is 0 Å². The van der Waals surface area contributed by atoms with Crippen LogP contribution in [0.2, 0.25) is 0 Å². The second-order valence-corrected chi connectivity index (χ2v) is 2.17. The Morgan fingerprint density at radius 3 is 2.64 bits per heavy atom. The Morgan fingerprint density at radius 2 is 2.00 bits per heavy atom. The summed E-state index contributed by atoms with van der Waals surface area (Å²) in [6, 6.07) is 9.95. The van der Waals surface area contributed by atoms with E-state index < -0.39 is 0 Å². The third-order valence-electron chi connectivity index (χ3n) is 1.35. The molecule has 2 nitrogen and oxygen atoms in total. The van der Waals surface area contributed by atoms with Crippen molar-refractivity contribution in [1.82, 2.24) is 0 Å². The van der Waals surface area contributed by atoms with Gasteiger partial charge in [0.2, 0.25) is 0 Å². The molecule has 0 aliphatic heterocycles. The number of allylic oxidation sites excluding steroid dienone is 1. The lowest BCUT2D eigenvalue weighted by Crippen LogP contribution is -1.78. The van der Waals surface area contributed by atoms with E-state index in [2.05, 4.69) is 4.89 Å². The molecule has 0 radical (unpaired) electrons. The lowest BCUT2D eigenvalue weighted by atomic mass is 10.2. The second-order valence-electron chi connectivity index (χ2n) is 2.17. The molecule has 0 fully saturated rings. The topological polar surface area (TPSA) is 29.5 Å². The van der Waals surface area contributed by atoms with Crippen molar-refractivity contribution in [3.8, 4) is 0 Å². The molecule has 1 N–H and O–H groups in total. The second kappa shape index (κ2) is 4.52. The Morgan fingerprint density at radius 1 is 1.27 bits per heavy atom. The summed E-state index contributed by atoms with van der Waals surface area (Å²) in [6.07, 6.45) is 3.78. The van der Waals surface area contributed by atoms with Crippen LogP contribution in [0, 0.1) is 0 Å². The molecular formula is C9H10O2. The van der Waals surface area contributed by atoms with Crippen LogP contribution in [0.3, 0.4) is 0 Å². The minimum Gasteiger partial charge on any atom is -0.349 e. The molecule has 0 bridgehead atoms. The molecule has 1 aromatic rings. The average Bonchev–Trinajstić information content (AvgIpc) is 2.07. The first-order valence-electron chi connectivity index (χ1n) is 3.42. The van der Waals surface area contributed by atoms with Crippen LogP contribution < -0.4 is 0 Å². The molecule has 0 spiro atoms. The van der Waals surface area contributed by atoms with Crippen LogP contribution in [0.4, 0.5) is 0 Å². The van der Waals surface area contributed by atoms with E-state index in [-0.39, 0.29) is 0 Å². The van der Waals surface area contributed by atoms with Gasteiger partial charge in [0.25, 0.3) is 0 Å². The molecule has 0 aromatic heterocycles. The number of hydrogen-bond donors (Lipinski definition) is 1. The Balaban J connectivity index is 2.45. The van der Waals surface area contributed by atoms with E-state index in [4.69, 9.17) is 5.26 Å². The quantitative estimate of drug-likeness (QED) is 0.406. The van der Waals surface area contributed by atoms with Gasteiger partial charge in [-0.25, -0.2) is 5.26 Å². The SMILES string of the molecule is OO/C=C/Cc1ccccc1. The van der Waals surface area contributed by atoms with Gasteiger partial charge >= 0.3 is 0 Å². The minimum absolute atomic E-state index is 0.779. The summed E-state index contributed by atoms with van der Waals surface area (Å²) in [5, 5.41) is 7.96. The number of benzene rings is 1. The first kappa shape index (κ1) is 7.82. The summed E-state index contributed by atoms with van der Waals surface area (Å²) in [7, 11) is 0. The van der Waals surface area contributed by atoms with Crippen molar-refractivity contribution in [3.05, 3.63) is 48.2 Å². The molecule has 0 aliphatic carbocycles. The fraction of sp³-hybridized carbons (Fsp3) is 0.111. The van der Waals surface area contributed by atoms with Crippen LogP contribution in [0.5, 0.6) is 0 Å². The summed E-state index contributed by atoms with van der Waals surface area (Å²) in [5.74, 6) is 0. The van der Waals surface area contributed by atoms with Crippen LogP contribution in [0.15, 0.2) is 42.7 Å². The molecule has 0 saturated carbocycles. The monoisotopic (exact) mass is 150 g/mol. The minimum atomic E-state index is 0.779. The largest absolute Gasteiger partial charge is 0.349 e. The Labute approximate surface area is 65.7 Å². The van der Waals surface area contributed by atoms with Gasteiger partial charge in [-0.1, -0.05) is 30.3 Å². The predicted molar refractivity (Wildman–Crippen MR) is 43.0 cm³/mol. The molecule has 0 aliphatic rings. The van der Waals surface area contributed by atoms with Crippen LogP contribution in [-0.2, 0) is 11.3 Å². The van der Waals surface area contributed by atoms with Crippen LogP contribution in [0.25, 0.3) is 0 Å². The van der Waals surface area contributed by atoms with Gasteiger partial charge in [0.05, 0.1) is 0 Å². The third kappa shape index (κ3) is 2.87. The number of hydrogen-bond acceptors (Lipinski definition) is 2. The highest BCUT2D eigenvalue weighted by Crippen LogP contribution is 1.99. The Bertz CT molecular complexity index is 216. The Kier molecular flexibility index (Phi) is 3.22. The van der Waals surface area contributed by atoms with Crippen molar-refractivity contribution < 1.29 is 10.1 Å². The zero-order valence-electron chi connectivity index (χ0n) is 6.10. The maximum Gasteiger partial charge on any atom is 0.125 e. The predicted octanol–water partition coefficient (Wildman–Crippen LogP) is 2.23. The molecule has 0 amide bonds. The van der Waals surface area contributed by atoms with Crippen molar-refractivity contribution in [2.45, 2.75) is 6.42 Å². The highest BCUT2D eigenvalue weighted by molar-refractivity contribution is 5.16. The van der Waals surface area contributed by atoms with Crippen molar-refractivity contribution in [3.63, 3.8) is 0 Å². The number of rotatable bonds is 3. The van der Waals surface area contributed by atoms with Crippen molar-refractivity contribution in [2.75, 3.05) is 0 Å². The summed E-state index contributed by atoms with van der Waals surface area (Å²) in [6.45, 7) is 0. The zero-order valence-corrected chi connectivity index (χ0v) is 6.10. The van der Waals surface area contributed by atoms with E-state index in [1.54, 1.807) is 6.08 Å². The van der Waals surface area contributed by atoms with Gasteiger partial charge in [0.15, 0.2) is 0 Å². The van der Waals surface area contributed by atoms with E-state index in [1.165, 1.54) is 11.8 Å². The van der Waals surface area contributed by atoms with Gasteiger partial charge in [-0.15, -0.1) is 0 Å². The summed E-state index contributed by atoms with van der Waals surface area (Å²) < 4.78 is 0. The highest BCUT2D eigenvalue weighted by atomic mass is 17.1. The third-order valence-corrected chi connectivity index (χ3v) is 1.35. The van der Waals surface area contributed by atoms with Crippen LogP contribution in [0.1, 0.15) is 5.56 Å². The fourth-order valence-corrected chi connectivity index (χ4v) is 0.841. The molecule has 1 rings (SSSR count). The standard InChI is InChI=1S/C9H10O2/c10-11-8-4-7-9-5-2-1-3-6-9/h1-6,8,10H,7H2/b8-4+. The Hall–Kier alpha value is -1.28. The molecule has 2 heteroatoms. The smallest absolute Gasteiger partial charge is 0.125 e. The zero-order chi connectivity index (χ0) is 7.94. The van der Waals surface area contributed by atoms with Crippen molar-refractivity contribution >= 4 is 0 Å². The van der Waals surface area contributed by atoms with Gasteiger partial charge in [-0.2, -0.15) is 0 Å². The fourth-order valence-electron chi connectivity index (χ4n) is 0.841. The normalized spacial score (nSPS) is 10.3. The van der Waals surface area contributed by atoms with E-state index in [1.807, 2.05) is 30.3 Å². The molecule has 0 saturated heterocycles. The molecule has 0 atom stereocenters. The van der Waals surface area contributed by atoms with E-state index in [0.29, 0.717) is 0 Å². The molecular weight excluding hydrogens is 140 g/mol. The molecule has 11 heavy (non-hydrogen) atoms. The van der Waals surface area contributed by atoms with Crippen molar-refractivity contribution in [2.24, 2.45) is 0 Å². The van der Waals surface area contributed by atoms with E-state index in [0.717, 1.165) is 6.42 Å². The highest BCUT2D eigenvalue weighted by Gasteiger charge is 1.84. The van der Waals surface area contributed by atoms with Gasteiger partial charge in [-0.05, 0) is 18.1 Å². The molecule has 0 unspecified atom stereocenters. The first-order chi connectivity index (χ1) is 5.43. The lowest BCUT2D eigenvalue weighted by Gasteiger charge is -1.92. The van der Waals surface area contributed by atoms with E-state index >= 15 is 0 Å². The molecule has 0 heterocycles. The maximum atomic E-state index is 7.96. The van der Waals surface area contributed by atoms with Crippen LogP contribution >= 0.6 is 0 Å². The van der Waals surface area contributed by atoms with E-state index in [9.17, 15) is 0 Å². The van der Waals surface area contributed by atoms with Gasteiger partial charge in [0.1, 0.15) is 6.26 Å². The summed E-state index contributed by atoms with van der Waals surface area (Å²) in [5.41, 5.74) is 1.20. The summed E-state index contributed by atoms with van der Waals surface area (Å²) >= 11 is 0. The maximum absolute atomic E-state index is 7.96. The molecule has 58 valence electrons. The van der Waals surface area contributed by atoms with Crippen LogP contribution in [-0.4, -0.2) is 5.26 Å².